The van der Waals surface area contributed by atoms with Crippen LogP contribution in [0, 0.1) is 0 Å². The van der Waals surface area contributed by atoms with E-state index in [1.165, 1.54) is 0 Å². The van der Waals surface area contributed by atoms with Gasteiger partial charge < -0.3 is 5.32 Å². The van der Waals surface area contributed by atoms with Gasteiger partial charge >= 0.3 is 0 Å². The smallest absolute Gasteiger partial charge is 0.231 e. The molecule has 0 heterocycles. The molecule has 2 aromatic carbocycles. The lowest BCUT2D eigenvalue weighted by molar-refractivity contribution is -0.124. The van der Waals surface area contributed by atoms with Gasteiger partial charge in [-0.25, -0.2) is 0 Å². The first-order valence-electron chi connectivity index (χ1n) is 7.34. The van der Waals surface area contributed by atoms with E-state index in [9.17, 15) is 4.79 Å². The summed E-state index contributed by atoms with van der Waals surface area (Å²) in [7, 11) is 0. The maximum Gasteiger partial charge on any atom is 0.231 e. The summed E-state index contributed by atoms with van der Waals surface area (Å²) in [6.45, 7) is 1.99. The van der Waals surface area contributed by atoms with Gasteiger partial charge in [-0.1, -0.05) is 51.8 Å². The molecule has 2 aromatic rings. The van der Waals surface area contributed by atoms with Crippen molar-refractivity contribution in [2.45, 2.75) is 31.2 Å². The monoisotopic (exact) mass is 377 g/mol. The normalized spacial score (nSPS) is 16.9. The molecule has 4 heteroatoms. The summed E-state index contributed by atoms with van der Waals surface area (Å²) in [4.78, 5) is 12.7. The second kappa shape index (κ2) is 6.05. The molecule has 0 bridgehead atoms. The summed E-state index contributed by atoms with van der Waals surface area (Å²) in [5, 5.41) is 3.82. The molecule has 0 aromatic heterocycles. The predicted octanol–water partition coefficient (Wildman–Crippen LogP) is 5.01. The van der Waals surface area contributed by atoms with Crippen molar-refractivity contribution in [1.29, 1.82) is 0 Å². The second-order valence-electron chi connectivity index (χ2n) is 5.84. The van der Waals surface area contributed by atoms with Gasteiger partial charge in [-0.05, 0) is 55.2 Å². The van der Waals surface area contributed by atoms with E-state index in [0.29, 0.717) is 5.02 Å². The number of carbonyl (C=O) groups is 1. The standard InChI is InChI=1S/C18H17BrClNO/c1-12(13-3-2-4-16(20)11-13)21-17(22)18(9-10-18)14-5-7-15(19)8-6-14/h2-8,11-12H,9-10H2,1H3,(H,21,22). The predicted molar refractivity (Wildman–Crippen MR) is 93.1 cm³/mol. The van der Waals surface area contributed by atoms with Crippen molar-refractivity contribution < 1.29 is 4.79 Å². The molecular formula is C18H17BrClNO. The minimum Gasteiger partial charge on any atom is -0.349 e. The van der Waals surface area contributed by atoms with Crippen molar-refractivity contribution in [3.63, 3.8) is 0 Å². The van der Waals surface area contributed by atoms with Gasteiger partial charge in [-0.3, -0.25) is 4.79 Å². The van der Waals surface area contributed by atoms with Crippen molar-refractivity contribution in [2.75, 3.05) is 0 Å². The molecule has 1 saturated carbocycles. The highest BCUT2D eigenvalue weighted by Crippen LogP contribution is 2.48. The fourth-order valence-electron chi connectivity index (χ4n) is 2.73. The van der Waals surface area contributed by atoms with Gasteiger partial charge in [0.15, 0.2) is 0 Å². The quantitative estimate of drug-likeness (QED) is 0.796. The lowest BCUT2D eigenvalue weighted by Crippen LogP contribution is -2.36. The van der Waals surface area contributed by atoms with Gasteiger partial charge in [0.1, 0.15) is 0 Å². The van der Waals surface area contributed by atoms with Gasteiger partial charge in [-0.2, -0.15) is 0 Å². The number of carbonyl (C=O) groups excluding carboxylic acids is 1. The van der Waals surface area contributed by atoms with Gasteiger partial charge in [0, 0.05) is 9.50 Å². The van der Waals surface area contributed by atoms with E-state index in [-0.39, 0.29) is 17.4 Å². The Morgan fingerprint density at radius 1 is 1.23 bits per heavy atom. The van der Waals surface area contributed by atoms with E-state index < -0.39 is 0 Å². The molecule has 0 radical (unpaired) electrons. The Balaban J connectivity index is 1.75. The SMILES string of the molecule is CC(NC(=O)C1(c2ccc(Br)cc2)CC1)c1cccc(Cl)c1. The van der Waals surface area contributed by atoms with Crippen LogP contribution in [0.4, 0.5) is 0 Å². The molecule has 0 aliphatic heterocycles. The number of nitrogens with one attached hydrogen (secondary N) is 1. The Hall–Kier alpha value is -1.32. The molecule has 1 unspecified atom stereocenters. The van der Waals surface area contributed by atoms with Crippen molar-refractivity contribution >= 4 is 33.4 Å². The van der Waals surface area contributed by atoms with Gasteiger partial charge in [0.05, 0.1) is 11.5 Å². The number of hydrogen-bond acceptors (Lipinski definition) is 1. The van der Waals surface area contributed by atoms with E-state index in [4.69, 9.17) is 11.6 Å². The summed E-state index contributed by atoms with van der Waals surface area (Å²) in [5.74, 6) is 0.0993. The second-order valence-corrected chi connectivity index (χ2v) is 7.19. The lowest BCUT2D eigenvalue weighted by Gasteiger charge is -2.20. The molecular weight excluding hydrogens is 362 g/mol. The van der Waals surface area contributed by atoms with Crippen molar-refractivity contribution in [2.24, 2.45) is 0 Å². The first-order valence-corrected chi connectivity index (χ1v) is 8.51. The highest BCUT2D eigenvalue weighted by molar-refractivity contribution is 9.10. The number of hydrogen-bond donors (Lipinski definition) is 1. The topological polar surface area (TPSA) is 29.1 Å². The molecule has 1 fully saturated rings. The minimum atomic E-state index is -0.354. The van der Waals surface area contributed by atoms with Crippen LogP contribution in [0.2, 0.25) is 5.02 Å². The van der Waals surface area contributed by atoms with Crippen LogP contribution >= 0.6 is 27.5 Å². The third kappa shape index (κ3) is 3.06. The number of benzene rings is 2. The average molecular weight is 379 g/mol. The lowest BCUT2D eigenvalue weighted by atomic mass is 9.94. The highest BCUT2D eigenvalue weighted by Gasteiger charge is 2.51. The van der Waals surface area contributed by atoms with Crippen LogP contribution in [0.1, 0.15) is 36.9 Å². The molecule has 22 heavy (non-hydrogen) atoms. The molecule has 1 N–H and O–H groups in total. The van der Waals surface area contributed by atoms with Crippen LogP contribution in [0.3, 0.4) is 0 Å². The molecule has 1 aliphatic carbocycles. The molecule has 0 saturated heterocycles. The summed E-state index contributed by atoms with van der Waals surface area (Å²) in [6.07, 6.45) is 1.81. The Labute approximate surface area is 144 Å². The zero-order chi connectivity index (χ0) is 15.7. The van der Waals surface area contributed by atoms with Crippen LogP contribution in [-0.4, -0.2) is 5.91 Å². The van der Waals surface area contributed by atoms with Gasteiger partial charge in [-0.15, -0.1) is 0 Å². The number of rotatable bonds is 4. The average Bonchev–Trinajstić information content (AvgIpc) is 3.29. The van der Waals surface area contributed by atoms with Gasteiger partial charge in [0.25, 0.3) is 0 Å². The fraction of sp³-hybridized carbons (Fsp3) is 0.278. The molecule has 0 spiro atoms. The number of halogens is 2. The molecule has 2 nitrogen and oxygen atoms in total. The van der Waals surface area contributed by atoms with Crippen molar-refractivity contribution in [3.8, 4) is 0 Å². The zero-order valence-corrected chi connectivity index (χ0v) is 14.6. The maximum atomic E-state index is 12.7. The number of amides is 1. The van der Waals surface area contributed by atoms with E-state index >= 15 is 0 Å². The Kier molecular flexibility index (Phi) is 4.28. The van der Waals surface area contributed by atoms with E-state index in [2.05, 4.69) is 21.2 Å². The summed E-state index contributed by atoms with van der Waals surface area (Å²) >= 11 is 9.46. The molecule has 1 aliphatic rings. The van der Waals surface area contributed by atoms with Crippen LogP contribution in [-0.2, 0) is 10.2 Å². The van der Waals surface area contributed by atoms with Crippen LogP contribution in [0.15, 0.2) is 53.0 Å². The van der Waals surface area contributed by atoms with Crippen molar-refractivity contribution in [3.05, 3.63) is 69.2 Å². The maximum absolute atomic E-state index is 12.7. The first-order chi connectivity index (χ1) is 10.5. The Morgan fingerprint density at radius 3 is 2.50 bits per heavy atom. The van der Waals surface area contributed by atoms with E-state index in [1.807, 2.05) is 55.5 Å². The zero-order valence-electron chi connectivity index (χ0n) is 12.3. The summed E-state index contributed by atoms with van der Waals surface area (Å²) in [5.41, 5.74) is 1.76. The van der Waals surface area contributed by atoms with Gasteiger partial charge in [0.2, 0.25) is 5.91 Å². The fourth-order valence-corrected chi connectivity index (χ4v) is 3.20. The highest BCUT2D eigenvalue weighted by atomic mass is 79.9. The third-order valence-electron chi connectivity index (χ3n) is 4.28. The van der Waals surface area contributed by atoms with Crippen molar-refractivity contribution in [1.82, 2.24) is 5.32 Å². The largest absolute Gasteiger partial charge is 0.349 e. The van der Waals surface area contributed by atoms with Crippen LogP contribution in [0.25, 0.3) is 0 Å². The Morgan fingerprint density at radius 2 is 1.91 bits per heavy atom. The Bertz CT molecular complexity index is 694. The first kappa shape index (κ1) is 15.6. The molecule has 1 atom stereocenters. The van der Waals surface area contributed by atoms with E-state index in [1.54, 1.807) is 0 Å². The summed E-state index contributed by atoms with van der Waals surface area (Å²) < 4.78 is 1.03. The van der Waals surface area contributed by atoms with E-state index in [0.717, 1.165) is 28.4 Å². The molecule has 114 valence electrons. The van der Waals surface area contributed by atoms with Crippen LogP contribution in [0.5, 0.6) is 0 Å². The third-order valence-corrected chi connectivity index (χ3v) is 5.04. The van der Waals surface area contributed by atoms with Crippen LogP contribution < -0.4 is 5.32 Å². The molecule has 1 amide bonds. The summed E-state index contributed by atoms with van der Waals surface area (Å²) in [6, 6.07) is 15.6. The molecule has 3 rings (SSSR count). The minimum absolute atomic E-state index is 0.0564.